The number of benzene rings is 2. The molecule has 0 radical (unpaired) electrons. The van der Waals surface area contributed by atoms with Crippen molar-refractivity contribution in [3.05, 3.63) is 42.0 Å². The van der Waals surface area contributed by atoms with Gasteiger partial charge in [-0.3, -0.25) is 8.98 Å². The van der Waals surface area contributed by atoms with Gasteiger partial charge in [-0.15, -0.1) is 0 Å². The van der Waals surface area contributed by atoms with Gasteiger partial charge in [0.15, 0.2) is 0 Å². The zero-order valence-corrected chi connectivity index (χ0v) is 13.9. The SMILES string of the molecule is CS(=O)(=O)OCC1CN(C(=O)C(F)(F)F)c2ccc3ccccc3c21. The minimum absolute atomic E-state index is 0.128. The van der Waals surface area contributed by atoms with E-state index in [-0.39, 0.29) is 18.8 Å². The Hall–Kier alpha value is -2.13. The molecule has 9 heteroatoms. The molecule has 2 aromatic carbocycles. The number of halogens is 3. The van der Waals surface area contributed by atoms with E-state index in [0.717, 1.165) is 11.6 Å². The molecule has 0 saturated carbocycles. The molecular weight excluding hydrogens is 359 g/mol. The van der Waals surface area contributed by atoms with Gasteiger partial charge in [-0.1, -0.05) is 30.3 Å². The van der Waals surface area contributed by atoms with Crippen LogP contribution in [0.2, 0.25) is 0 Å². The smallest absolute Gasteiger partial charge is 0.304 e. The van der Waals surface area contributed by atoms with Crippen LogP contribution in [-0.4, -0.2) is 39.9 Å². The Bertz CT molecular complexity index is 940. The largest absolute Gasteiger partial charge is 0.471 e. The molecule has 1 amide bonds. The van der Waals surface area contributed by atoms with Gasteiger partial charge in [-0.05, 0) is 22.4 Å². The highest BCUT2D eigenvalue weighted by Crippen LogP contribution is 2.42. The molecule has 1 aliphatic heterocycles. The predicted molar refractivity (Wildman–Crippen MR) is 85.9 cm³/mol. The third-order valence-electron chi connectivity index (χ3n) is 4.02. The Balaban J connectivity index is 2.10. The fourth-order valence-corrected chi connectivity index (χ4v) is 3.46. The van der Waals surface area contributed by atoms with Gasteiger partial charge >= 0.3 is 12.1 Å². The van der Waals surface area contributed by atoms with Gasteiger partial charge in [0.05, 0.1) is 12.9 Å². The number of amides is 1. The molecule has 0 aromatic heterocycles. The van der Waals surface area contributed by atoms with Gasteiger partial charge in [0.1, 0.15) is 0 Å². The molecular formula is C16H14F3NO4S. The van der Waals surface area contributed by atoms with Crippen molar-refractivity contribution >= 4 is 32.5 Å². The average Bonchev–Trinajstić information content (AvgIpc) is 2.89. The molecule has 0 N–H and O–H groups in total. The maximum Gasteiger partial charge on any atom is 0.471 e. The minimum atomic E-state index is -5.02. The van der Waals surface area contributed by atoms with Crippen LogP contribution in [0.4, 0.5) is 18.9 Å². The lowest BCUT2D eigenvalue weighted by Crippen LogP contribution is -2.40. The van der Waals surface area contributed by atoms with Crippen molar-refractivity contribution in [2.75, 3.05) is 24.3 Å². The van der Waals surface area contributed by atoms with Crippen LogP contribution in [0.15, 0.2) is 36.4 Å². The van der Waals surface area contributed by atoms with Gasteiger partial charge in [-0.25, -0.2) is 0 Å². The van der Waals surface area contributed by atoms with Crippen LogP contribution in [0.3, 0.4) is 0 Å². The Morgan fingerprint density at radius 3 is 2.56 bits per heavy atom. The first-order valence-electron chi connectivity index (χ1n) is 7.32. The lowest BCUT2D eigenvalue weighted by Gasteiger charge is -2.19. The van der Waals surface area contributed by atoms with E-state index < -0.39 is 28.1 Å². The highest BCUT2D eigenvalue weighted by molar-refractivity contribution is 7.85. The number of hydrogen-bond donors (Lipinski definition) is 0. The Labute approximate surface area is 142 Å². The average molecular weight is 373 g/mol. The van der Waals surface area contributed by atoms with Crippen molar-refractivity contribution < 1.29 is 30.6 Å². The summed E-state index contributed by atoms with van der Waals surface area (Å²) in [4.78, 5) is 12.4. The van der Waals surface area contributed by atoms with Gasteiger partial charge in [0, 0.05) is 18.2 Å². The third-order valence-corrected chi connectivity index (χ3v) is 4.58. The molecule has 0 bridgehead atoms. The van der Waals surface area contributed by atoms with Crippen molar-refractivity contribution in [3.63, 3.8) is 0 Å². The fraction of sp³-hybridized carbons (Fsp3) is 0.312. The van der Waals surface area contributed by atoms with E-state index in [4.69, 9.17) is 4.18 Å². The molecule has 0 spiro atoms. The molecule has 1 heterocycles. The molecule has 5 nitrogen and oxygen atoms in total. The Morgan fingerprint density at radius 1 is 1.24 bits per heavy atom. The quantitative estimate of drug-likeness (QED) is 0.776. The summed E-state index contributed by atoms with van der Waals surface area (Å²) >= 11 is 0. The van der Waals surface area contributed by atoms with Crippen LogP contribution in [0.5, 0.6) is 0 Å². The number of fused-ring (bicyclic) bond motifs is 3. The second-order valence-electron chi connectivity index (χ2n) is 5.82. The summed E-state index contributed by atoms with van der Waals surface area (Å²) in [6.45, 7) is -0.626. The molecule has 3 rings (SSSR count). The summed E-state index contributed by atoms with van der Waals surface area (Å²) < 4.78 is 66.0. The fourth-order valence-electron chi connectivity index (χ4n) is 3.05. The zero-order chi connectivity index (χ0) is 18.4. The minimum Gasteiger partial charge on any atom is -0.304 e. The molecule has 1 atom stereocenters. The molecule has 1 unspecified atom stereocenters. The summed E-state index contributed by atoms with van der Waals surface area (Å²) in [5, 5.41) is 1.45. The van der Waals surface area contributed by atoms with E-state index in [1.165, 1.54) is 6.07 Å². The summed E-state index contributed by atoms with van der Waals surface area (Å²) in [7, 11) is -3.76. The second-order valence-corrected chi connectivity index (χ2v) is 7.46. The van der Waals surface area contributed by atoms with Gasteiger partial charge < -0.3 is 4.90 Å². The zero-order valence-electron chi connectivity index (χ0n) is 13.1. The number of rotatable bonds is 3. The standard InChI is InChI=1S/C16H14F3NO4S/c1-25(22,23)24-9-11-8-20(15(21)16(17,18)19)13-7-6-10-4-2-3-5-12(10)14(11)13/h2-7,11H,8-9H2,1H3. The summed E-state index contributed by atoms with van der Waals surface area (Å²) in [6.07, 6.45) is -4.15. The summed E-state index contributed by atoms with van der Waals surface area (Å²) in [5.74, 6) is -2.66. The number of carbonyl (C=O) groups excluding carboxylic acids is 1. The molecule has 0 aliphatic carbocycles. The van der Waals surface area contributed by atoms with Crippen LogP contribution in [0, 0.1) is 0 Å². The number of nitrogens with zero attached hydrogens (tertiary/aromatic N) is 1. The van der Waals surface area contributed by atoms with Crippen LogP contribution in [0.25, 0.3) is 10.8 Å². The molecule has 134 valence electrons. The van der Waals surface area contributed by atoms with Crippen LogP contribution in [0.1, 0.15) is 11.5 Å². The number of alkyl halides is 3. The van der Waals surface area contributed by atoms with E-state index >= 15 is 0 Å². The lowest BCUT2D eigenvalue weighted by molar-refractivity contribution is -0.170. The number of anilines is 1. The molecule has 1 aliphatic rings. The summed E-state index contributed by atoms with van der Waals surface area (Å²) in [5.41, 5.74) is 0.613. The van der Waals surface area contributed by atoms with E-state index in [9.17, 15) is 26.4 Å². The van der Waals surface area contributed by atoms with Crippen LogP contribution in [-0.2, 0) is 19.1 Å². The molecule has 0 fully saturated rings. The first-order chi connectivity index (χ1) is 11.6. The molecule has 25 heavy (non-hydrogen) atoms. The molecule has 2 aromatic rings. The first-order valence-corrected chi connectivity index (χ1v) is 9.14. The Kier molecular flexibility index (Phi) is 4.24. The van der Waals surface area contributed by atoms with E-state index in [1.807, 2.05) is 0 Å². The normalized spacial score (nSPS) is 17.8. The van der Waals surface area contributed by atoms with E-state index in [2.05, 4.69) is 0 Å². The van der Waals surface area contributed by atoms with Gasteiger partial charge in [-0.2, -0.15) is 21.6 Å². The number of hydrogen-bond acceptors (Lipinski definition) is 4. The van der Waals surface area contributed by atoms with Crippen molar-refractivity contribution in [2.24, 2.45) is 0 Å². The topological polar surface area (TPSA) is 63.7 Å². The lowest BCUT2D eigenvalue weighted by atomic mass is 9.95. The van der Waals surface area contributed by atoms with Crippen molar-refractivity contribution in [2.45, 2.75) is 12.1 Å². The van der Waals surface area contributed by atoms with Gasteiger partial charge in [0.2, 0.25) is 0 Å². The van der Waals surface area contributed by atoms with Crippen molar-refractivity contribution in [1.29, 1.82) is 0 Å². The van der Waals surface area contributed by atoms with E-state index in [1.54, 1.807) is 30.3 Å². The maximum absolute atomic E-state index is 12.9. The highest BCUT2D eigenvalue weighted by Gasteiger charge is 2.47. The Morgan fingerprint density at radius 2 is 1.92 bits per heavy atom. The number of carbonyl (C=O) groups is 1. The van der Waals surface area contributed by atoms with Crippen LogP contribution < -0.4 is 4.90 Å². The van der Waals surface area contributed by atoms with Gasteiger partial charge in [0.25, 0.3) is 10.1 Å². The second kappa shape index (κ2) is 5.99. The predicted octanol–water partition coefficient (Wildman–Crippen LogP) is 2.81. The molecule has 0 saturated heterocycles. The highest BCUT2D eigenvalue weighted by atomic mass is 32.2. The van der Waals surface area contributed by atoms with E-state index in [0.29, 0.717) is 15.8 Å². The maximum atomic E-state index is 12.9. The first kappa shape index (κ1) is 17.7. The van der Waals surface area contributed by atoms with Crippen molar-refractivity contribution in [3.8, 4) is 0 Å². The monoisotopic (exact) mass is 373 g/mol. The third kappa shape index (κ3) is 3.47. The van der Waals surface area contributed by atoms with Crippen LogP contribution >= 0.6 is 0 Å². The summed E-state index contributed by atoms with van der Waals surface area (Å²) in [6, 6.07) is 10.1. The van der Waals surface area contributed by atoms with Crippen molar-refractivity contribution in [1.82, 2.24) is 0 Å².